The van der Waals surface area contributed by atoms with Crippen LogP contribution in [0.1, 0.15) is 27.0 Å². The Hall–Kier alpha value is -4.06. The summed E-state index contributed by atoms with van der Waals surface area (Å²) in [6.45, 7) is 5.71. The molecular formula is C25H21N3O3. The summed E-state index contributed by atoms with van der Waals surface area (Å²) in [5.74, 6) is -0.345. The number of rotatable bonds is 4. The molecule has 1 heterocycles. The number of nitro groups is 1. The predicted octanol–water partition coefficient (Wildman–Crippen LogP) is 5.99. The normalized spacial score (nSPS) is 10.8. The number of amides is 1. The number of para-hydroxylation sites is 1. The van der Waals surface area contributed by atoms with E-state index in [0.29, 0.717) is 28.0 Å². The van der Waals surface area contributed by atoms with Gasteiger partial charge < -0.3 is 5.32 Å². The maximum atomic E-state index is 13.2. The van der Waals surface area contributed by atoms with Gasteiger partial charge in [0.05, 0.1) is 21.7 Å². The first-order valence-electron chi connectivity index (χ1n) is 9.87. The number of carbonyl (C=O) groups is 1. The predicted molar refractivity (Wildman–Crippen MR) is 122 cm³/mol. The molecule has 4 aromatic rings. The molecule has 0 radical (unpaired) electrons. The fourth-order valence-corrected chi connectivity index (χ4v) is 3.68. The number of nitro benzene ring substituents is 1. The highest BCUT2D eigenvalue weighted by Crippen LogP contribution is 2.29. The second-order valence-electron chi connectivity index (χ2n) is 7.60. The average Bonchev–Trinajstić information content (AvgIpc) is 2.74. The Kier molecular flexibility index (Phi) is 5.21. The number of hydrogen-bond donors (Lipinski definition) is 1. The molecule has 1 amide bonds. The van der Waals surface area contributed by atoms with E-state index in [0.717, 1.165) is 22.1 Å². The summed E-state index contributed by atoms with van der Waals surface area (Å²) >= 11 is 0. The summed E-state index contributed by atoms with van der Waals surface area (Å²) in [6.07, 6.45) is 0. The van der Waals surface area contributed by atoms with Crippen molar-refractivity contribution < 1.29 is 9.72 Å². The van der Waals surface area contributed by atoms with Crippen LogP contribution in [0.25, 0.3) is 22.2 Å². The zero-order valence-corrected chi connectivity index (χ0v) is 17.5. The molecule has 0 aliphatic carbocycles. The first-order valence-corrected chi connectivity index (χ1v) is 9.87. The molecular weight excluding hydrogens is 390 g/mol. The van der Waals surface area contributed by atoms with Crippen LogP contribution in [0, 0.1) is 30.9 Å². The van der Waals surface area contributed by atoms with Crippen LogP contribution in [0.4, 0.5) is 11.4 Å². The van der Waals surface area contributed by atoms with Crippen molar-refractivity contribution in [1.82, 2.24) is 4.98 Å². The molecule has 0 aliphatic rings. The Morgan fingerprint density at radius 2 is 1.71 bits per heavy atom. The van der Waals surface area contributed by atoms with Crippen molar-refractivity contribution in [3.63, 3.8) is 0 Å². The lowest BCUT2D eigenvalue weighted by Crippen LogP contribution is -2.13. The van der Waals surface area contributed by atoms with E-state index in [-0.39, 0.29) is 11.6 Å². The van der Waals surface area contributed by atoms with Gasteiger partial charge in [-0.1, -0.05) is 48.0 Å². The molecule has 6 nitrogen and oxygen atoms in total. The lowest BCUT2D eigenvalue weighted by molar-refractivity contribution is -0.385. The number of nitrogens with zero attached hydrogens (tertiary/aromatic N) is 2. The Morgan fingerprint density at radius 3 is 2.45 bits per heavy atom. The van der Waals surface area contributed by atoms with Gasteiger partial charge in [-0.05, 0) is 44.5 Å². The number of aromatic nitrogens is 1. The van der Waals surface area contributed by atoms with Gasteiger partial charge in [0.25, 0.3) is 11.6 Å². The lowest BCUT2D eigenvalue weighted by Gasteiger charge is -2.12. The van der Waals surface area contributed by atoms with E-state index >= 15 is 0 Å². The Bertz CT molecular complexity index is 1350. The molecule has 0 unspecified atom stereocenters. The smallest absolute Gasteiger partial charge is 0.274 e. The zero-order valence-electron chi connectivity index (χ0n) is 17.5. The molecule has 3 aromatic carbocycles. The van der Waals surface area contributed by atoms with Crippen molar-refractivity contribution in [2.75, 3.05) is 5.32 Å². The SMILES string of the molecule is Cc1ccc(-c2cc(C(=O)Nc3ccc(C)c([N+](=O)[O-])c3)c3ccccc3n2)c(C)c1. The third kappa shape index (κ3) is 4.00. The minimum Gasteiger partial charge on any atom is -0.322 e. The minimum absolute atomic E-state index is 0.0339. The summed E-state index contributed by atoms with van der Waals surface area (Å²) < 4.78 is 0. The van der Waals surface area contributed by atoms with Gasteiger partial charge in [-0.15, -0.1) is 0 Å². The molecule has 4 rings (SSSR count). The number of hydrogen-bond acceptors (Lipinski definition) is 4. The largest absolute Gasteiger partial charge is 0.322 e. The van der Waals surface area contributed by atoms with Crippen LogP contribution in [0.15, 0.2) is 66.7 Å². The molecule has 0 aliphatic heterocycles. The molecule has 31 heavy (non-hydrogen) atoms. The van der Waals surface area contributed by atoms with Crippen molar-refractivity contribution in [3.8, 4) is 11.3 Å². The quantitative estimate of drug-likeness (QED) is 0.330. The molecule has 0 atom stereocenters. The van der Waals surface area contributed by atoms with Crippen LogP contribution >= 0.6 is 0 Å². The Balaban J connectivity index is 1.80. The van der Waals surface area contributed by atoms with E-state index in [4.69, 9.17) is 4.98 Å². The summed E-state index contributed by atoms with van der Waals surface area (Å²) in [6, 6.07) is 20.0. The molecule has 1 aromatic heterocycles. The maximum absolute atomic E-state index is 13.2. The van der Waals surface area contributed by atoms with Crippen LogP contribution in [0.2, 0.25) is 0 Å². The molecule has 0 saturated heterocycles. The van der Waals surface area contributed by atoms with Crippen molar-refractivity contribution in [1.29, 1.82) is 0 Å². The number of aryl methyl sites for hydroxylation is 3. The number of carbonyl (C=O) groups excluding carboxylic acids is 1. The Labute approximate surface area is 179 Å². The van der Waals surface area contributed by atoms with Crippen LogP contribution in [-0.4, -0.2) is 15.8 Å². The third-order valence-electron chi connectivity index (χ3n) is 5.28. The maximum Gasteiger partial charge on any atom is 0.274 e. The highest BCUT2D eigenvalue weighted by atomic mass is 16.6. The van der Waals surface area contributed by atoms with E-state index < -0.39 is 4.92 Å². The first kappa shape index (κ1) is 20.2. The van der Waals surface area contributed by atoms with Crippen molar-refractivity contribution in [2.24, 2.45) is 0 Å². The number of anilines is 1. The molecule has 0 bridgehead atoms. The second-order valence-corrected chi connectivity index (χ2v) is 7.60. The van der Waals surface area contributed by atoms with E-state index in [1.165, 1.54) is 6.07 Å². The summed E-state index contributed by atoms with van der Waals surface area (Å²) in [5, 5.41) is 14.8. The standard InChI is InChI=1S/C25H21N3O3/c1-15-8-11-19(17(3)12-15)23-14-21(20-6-4-5-7-22(20)27-23)25(29)26-18-10-9-16(2)24(13-18)28(30)31/h4-14H,1-3H3,(H,26,29). The average molecular weight is 411 g/mol. The highest BCUT2D eigenvalue weighted by Gasteiger charge is 2.17. The fourth-order valence-electron chi connectivity index (χ4n) is 3.68. The summed E-state index contributed by atoms with van der Waals surface area (Å²) in [7, 11) is 0. The molecule has 0 fully saturated rings. The van der Waals surface area contributed by atoms with Gasteiger partial charge in [0, 0.05) is 28.3 Å². The van der Waals surface area contributed by atoms with Crippen molar-refractivity contribution >= 4 is 28.2 Å². The molecule has 0 saturated carbocycles. The number of benzene rings is 3. The van der Waals surface area contributed by atoms with Gasteiger partial charge in [-0.25, -0.2) is 4.98 Å². The van der Waals surface area contributed by atoms with E-state index in [9.17, 15) is 14.9 Å². The van der Waals surface area contributed by atoms with E-state index in [1.54, 1.807) is 25.1 Å². The van der Waals surface area contributed by atoms with Gasteiger partial charge in [0.1, 0.15) is 0 Å². The fraction of sp³-hybridized carbons (Fsp3) is 0.120. The monoisotopic (exact) mass is 411 g/mol. The number of nitrogens with one attached hydrogen (secondary N) is 1. The topological polar surface area (TPSA) is 85.1 Å². The van der Waals surface area contributed by atoms with Gasteiger partial charge in [0.15, 0.2) is 0 Å². The first-order chi connectivity index (χ1) is 14.8. The van der Waals surface area contributed by atoms with Crippen LogP contribution in [-0.2, 0) is 0 Å². The summed E-state index contributed by atoms with van der Waals surface area (Å²) in [4.78, 5) is 28.8. The highest BCUT2D eigenvalue weighted by molar-refractivity contribution is 6.13. The van der Waals surface area contributed by atoms with E-state index in [2.05, 4.69) is 11.4 Å². The minimum atomic E-state index is -0.453. The molecule has 6 heteroatoms. The lowest BCUT2D eigenvalue weighted by atomic mass is 9.99. The van der Waals surface area contributed by atoms with Gasteiger partial charge in [-0.2, -0.15) is 0 Å². The van der Waals surface area contributed by atoms with Crippen molar-refractivity contribution in [2.45, 2.75) is 20.8 Å². The second kappa shape index (κ2) is 7.99. The van der Waals surface area contributed by atoms with E-state index in [1.807, 2.05) is 50.2 Å². The third-order valence-corrected chi connectivity index (χ3v) is 5.28. The van der Waals surface area contributed by atoms with Crippen LogP contribution in [0.3, 0.4) is 0 Å². The zero-order chi connectivity index (χ0) is 22.1. The summed E-state index contributed by atoms with van der Waals surface area (Å²) in [5.41, 5.74) is 5.93. The van der Waals surface area contributed by atoms with Gasteiger partial charge in [-0.3, -0.25) is 14.9 Å². The molecule has 1 N–H and O–H groups in total. The van der Waals surface area contributed by atoms with Crippen LogP contribution < -0.4 is 5.32 Å². The molecule has 0 spiro atoms. The van der Waals surface area contributed by atoms with Gasteiger partial charge in [0.2, 0.25) is 0 Å². The number of fused-ring (bicyclic) bond motifs is 1. The van der Waals surface area contributed by atoms with Gasteiger partial charge >= 0.3 is 0 Å². The number of pyridine rings is 1. The van der Waals surface area contributed by atoms with Crippen LogP contribution in [0.5, 0.6) is 0 Å². The van der Waals surface area contributed by atoms with Crippen molar-refractivity contribution in [3.05, 3.63) is 99.1 Å². The Morgan fingerprint density at radius 1 is 0.935 bits per heavy atom. The molecule has 154 valence electrons.